The highest BCUT2D eigenvalue weighted by Crippen LogP contribution is 2.25. The van der Waals surface area contributed by atoms with E-state index in [4.69, 9.17) is 5.73 Å². The van der Waals surface area contributed by atoms with Crippen LogP contribution >= 0.6 is 0 Å². The van der Waals surface area contributed by atoms with Crippen molar-refractivity contribution in [2.24, 2.45) is 0 Å². The van der Waals surface area contributed by atoms with Crippen molar-refractivity contribution in [2.75, 3.05) is 5.73 Å². The van der Waals surface area contributed by atoms with Crippen molar-refractivity contribution in [1.82, 2.24) is 20.0 Å². The van der Waals surface area contributed by atoms with Crippen LogP contribution < -0.4 is 5.73 Å². The molecule has 6 heteroatoms. The second-order valence-corrected chi connectivity index (χ2v) is 4.08. The highest BCUT2D eigenvalue weighted by molar-refractivity contribution is 5.93. The number of hydrogen-bond donors (Lipinski definition) is 1. The van der Waals surface area contributed by atoms with Crippen LogP contribution in [0.2, 0.25) is 0 Å². The van der Waals surface area contributed by atoms with Gasteiger partial charge in [-0.2, -0.15) is 5.26 Å². The summed E-state index contributed by atoms with van der Waals surface area (Å²) in [6.07, 6.45) is 3.30. The van der Waals surface area contributed by atoms with Crippen LogP contribution in [0.15, 0.2) is 36.7 Å². The molecule has 0 atom stereocenters. The maximum absolute atomic E-state index is 9.27. The number of anilines is 1. The van der Waals surface area contributed by atoms with Gasteiger partial charge in [0.1, 0.15) is 6.07 Å². The first kappa shape index (κ1) is 11.2. The quantitative estimate of drug-likeness (QED) is 0.740. The normalized spacial score (nSPS) is 10.5. The topological polar surface area (TPSA) is 93.4 Å². The first-order valence-electron chi connectivity index (χ1n) is 5.71. The Morgan fingerprint density at radius 2 is 2.16 bits per heavy atom. The fraction of sp³-hybridized carbons (Fsp3) is 0.0769. The van der Waals surface area contributed by atoms with E-state index in [-0.39, 0.29) is 0 Å². The zero-order chi connectivity index (χ0) is 13.2. The third-order valence-electron chi connectivity index (χ3n) is 2.90. The third-order valence-corrected chi connectivity index (χ3v) is 2.90. The minimum atomic E-state index is 0.373. The van der Waals surface area contributed by atoms with Gasteiger partial charge in [-0.3, -0.25) is 0 Å². The van der Waals surface area contributed by atoms with E-state index in [0.717, 1.165) is 10.9 Å². The molecular formula is C13H10N6. The Morgan fingerprint density at radius 3 is 2.89 bits per heavy atom. The molecule has 0 fully saturated rings. The molecule has 0 saturated carbocycles. The average Bonchev–Trinajstić information content (AvgIpc) is 2.92. The predicted octanol–water partition coefficient (Wildman–Crippen LogP) is 1.33. The number of nitrogens with two attached hydrogens (primary N) is 1. The molecule has 0 aliphatic heterocycles. The summed E-state index contributed by atoms with van der Waals surface area (Å²) >= 11 is 0. The zero-order valence-electron chi connectivity index (χ0n) is 9.98. The molecular weight excluding hydrogens is 240 g/mol. The monoisotopic (exact) mass is 250 g/mol. The van der Waals surface area contributed by atoms with E-state index in [1.165, 1.54) is 0 Å². The molecule has 0 amide bonds. The first-order chi connectivity index (χ1) is 9.29. The van der Waals surface area contributed by atoms with Gasteiger partial charge in [0.2, 0.25) is 0 Å². The fourth-order valence-electron chi connectivity index (χ4n) is 2.00. The summed E-state index contributed by atoms with van der Waals surface area (Å²) < 4.78 is 1.61. The Balaban J connectivity index is 2.21. The van der Waals surface area contributed by atoms with Crippen molar-refractivity contribution in [3.8, 4) is 6.07 Å². The first-order valence-corrected chi connectivity index (χ1v) is 5.71. The molecule has 0 spiro atoms. The van der Waals surface area contributed by atoms with E-state index in [1.807, 2.05) is 24.3 Å². The van der Waals surface area contributed by atoms with Gasteiger partial charge < -0.3 is 5.73 Å². The predicted molar refractivity (Wildman–Crippen MR) is 70.0 cm³/mol. The SMILES string of the molecule is N#Cc1c(Cn2ccnn2)nc2ccccc2c1N. The van der Waals surface area contributed by atoms with Gasteiger partial charge in [-0.1, -0.05) is 23.4 Å². The molecule has 3 aromatic rings. The molecule has 0 radical (unpaired) electrons. The molecule has 0 bridgehead atoms. The second-order valence-electron chi connectivity index (χ2n) is 4.08. The third kappa shape index (κ3) is 1.87. The Morgan fingerprint density at radius 1 is 1.32 bits per heavy atom. The summed E-state index contributed by atoms with van der Waals surface area (Å²) in [4.78, 5) is 4.49. The van der Waals surface area contributed by atoms with E-state index in [2.05, 4.69) is 21.4 Å². The molecule has 92 valence electrons. The molecule has 0 aliphatic rings. The van der Waals surface area contributed by atoms with Crippen molar-refractivity contribution in [3.63, 3.8) is 0 Å². The molecule has 2 aromatic heterocycles. The second kappa shape index (κ2) is 4.38. The van der Waals surface area contributed by atoms with Gasteiger partial charge in [0.25, 0.3) is 0 Å². The number of rotatable bonds is 2. The van der Waals surface area contributed by atoms with Gasteiger partial charge in [-0.25, -0.2) is 9.67 Å². The molecule has 3 rings (SSSR count). The van der Waals surface area contributed by atoms with E-state index in [9.17, 15) is 5.26 Å². The van der Waals surface area contributed by atoms with Gasteiger partial charge in [0.05, 0.1) is 35.2 Å². The van der Waals surface area contributed by atoms with Crippen molar-refractivity contribution in [3.05, 3.63) is 47.9 Å². The molecule has 0 unspecified atom stereocenters. The van der Waals surface area contributed by atoms with Crippen LogP contribution in [0.5, 0.6) is 0 Å². The number of nitrogens with zero attached hydrogens (tertiary/aromatic N) is 5. The van der Waals surface area contributed by atoms with Crippen LogP contribution in [-0.4, -0.2) is 20.0 Å². The Bertz CT molecular complexity index is 770. The van der Waals surface area contributed by atoms with Crippen LogP contribution in [0.25, 0.3) is 10.9 Å². The fourth-order valence-corrected chi connectivity index (χ4v) is 2.00. The van der Waals surface area contributed by atoms with Crippen LogP contribution in [0, 0.1) is 11.3 Å². The lowest BCUT2D eigenvalue weighted by Crippen LogP contribution is -2.08. The van der Waals surface area contributed by atoms with Crippen molar-refractivity contribution in [1.29, 1.82) is 5.26 Å². The molecule has 0 saturated heterocycles. The highest BCUT2D eigenvalue weighted by atomic mass is 15.4. The summed E-state index contributed by atoms with van der Waals surface area (Å²) in [5.41, 5.74) is 8.28. The Hall–Kier alpha value is -2.94. The van der Waals surface area contributed by atoms with Gasteiger partial charge in [0, 0.05) is 11.6 Å². The largest absolute Gasteiger partial charge is 0.397 e. The minimum Gasteiger partial charge on any atom is -0.397 e. The lowest BCUT2D eigenvalue weighted by Gasteiger charge is -2.09. The number of benzene rings is 1. The number of para-hydroxylation sites is 1. The number of nitrogen functional groups attached to an aromatic ring is 1. The summed E-state index contributed by atoms with van der Waals surface area (Å²) in [6, 6.07) is 9.61. The number of fused-ring (bicyclic) bond motifs is 1. The van der Waals surface area contributed by atoms with Crippen molar-refractivity contribution in [2.45, 2.75) is 6.54 Å². The molecule has 1 aromatic carbocycles. The standard InChI is InChI=1S/C13H10N6/c14-7-10-12(8-19-6-5-16-18-19)17-11-4-2-1-3-9(11)13(10)15/h1-6H,8H2,(H2,15,17). The van der Waals surface area contributed by atoms with E-state index in [0.29, 0.717) is 23.5 Å². The van der Waals surface area contributed by atoms with Gasteiger partial charge >= 0.3 is 0 Å². The number of nitriles is 1. The maximum atomic E-state index is 9.27. The lowest BCUT2D eigenvalue weighted by atomic mass is 10.1. The minimum absolute atomic E-state index is 0.373. The van der Waals surface area contributed by atoms with Crippen molar-refractivity contribution >= 4 is 16.6 Å². The van der Waals surface area contributed by atoms with Gasteiger partial charge in [-0.05, 0) is 6.07 Å². The molecule has 2 N–H and O–H groups in total. The molecule has 19 heavy (non-hydrogen) atoms. The molecule has 2 heterocycles. The van der Waals surface area contributed by atoms with E-state index in [1.54, 1.807) is 17.1 Å². The highest BCUT2D eigenvalue weighted by Gasteiger charge is 2.13. The Kier molecular flexibility index (Phi) is 2.58. The van der Waals surface area contributed by atoms with E-state index < -0.39 is 0 Å². The van der Waals surface area contributed by atoms with Gasteiger partial charge in [-0.15, -0.1) is 5.10 Å². The van der Waals surface area contributed by atoms with Crippen LogP contribution in [0.1, 0.15) is 11.3 Å². The summed E-state index contributed by atoms with van der Waals surface area (Å²) in [7, 11) is 0. The molecule has 6 nitrogen and oxygen atoms in total. The lowest BCUT2D eigenvalue weighted by molar-refractivity contribution is 0.639. The maximum Gasteiger partial charge on any atom is 0.103 e. The number of pyridine rings is 1. The summed E-state index contributed by atoms with van der Waals surface area (Å²) in [5.74, 6) is 0. The zero-order valence-corrected chi connectivity index (χ0v) is 9.98. The Labute approximate surface area is 109 Å². The van der Waals surface area contributed by atoms with E-state index >= 15 is 0 Å². The molecule has 0 aliphatic carbocycles. The van der Waals surface area contributed by atoms with Crippen LogP contribution in [-0.2, 0) is 6.54 Å². The summed E-state index contributed by atoms with van der Waals surface area (Å²) in [6.45, 7) is 0.373. The van der Waals surface area contributed by atoms with Gasteiger partial charge in [0.15, 0.2) is 0 Å². The van der Waals surface area contributed by atoms with Crippen LogP contribution in [0.4, 0.5) is 5.69 Å². The average molecular weight is 250 g/mol. The van der Waals surface area contributed by atoms with Crippen molar-refractivity contribution < 1.29 is 0 Å². The summed E-state index contributed by atoms with van der Waals surface area (Å²) in [5, 5.41) is 17.7. The number of hydrogen-bond acceptors (Lipinski definition) is 5. The smallest absolute Gasteiger partial charge is 0.103 e. The number of aromatic nitrogens is 4. The van der Waals surface area contributed by atoms with Crippen LogP contribution in [0.3, 0.4) is 0 Å².